The van der Waals surface area contributed by atoms with Gasteiger partial charge in [-0.1, -0.05) is 18.2 Å². The van der Waals surface area contributed by atoms with Gasteiger partial charge >= 0.3 is 0 Å². The smallest absolute Gasteiger partial charge is 0.259 e. The maximum Gasteiger partial charge on any atom is 0.259 e. The predicted molar refractivity (Wildman–Crippen MR) is 84.0 cm³/mol. The zero-order valence-electron chi connectivity index (χ0n) is 11.7. The predicted octanol–water partition coefficient (Wildman–Crippen LogP) is 2.82. The summed E-state index contributed by atoms with van der Waals surface area (Å²) in [5, 5.41) is 6.87. The number of nitrogens with zero attached hydrogens (tertiary/aromatic N) is 1. The number of aryl methyl sites for hydroxylation is 1. The second kappa shape index (κ2) is 7.69. The summed E-state index contributed by atoms with van der Waals surface area (Å²) in [4.78, 5) is 11.6. The number of hydrogen-bond acceptors (Lipinski definition) is 4. The Balaban J connectivity index is 1.71. The number of para-hydroxylation sites is 1. The Morgan fingerprint density at radius 2 is 2.14 bits per heavy atom. The molecular formula is C16H17N3O2. The number of anilines is 1. The monoisotopic (exact) mass is 283 g/mol. The maximum absolute atomic E-state index is 11.6. The van der Waals surface area contributed by atoms with Gasteiger partial charge in [0.2, 0.25) is 0 Å². The molecule has 1 amide bonds. The van der Waals surface area contributed by atoms with Gasteiger partial charge in [0.25, 0.3) is 5.91 Å². The highest BCUT2D eigenvalue weighted by atomic mass is 16.3. The first-order valence-corrected chi connectivity index (χ1v) is 6.57. The van der Waals surface area contributed by atoms with Crippen LogP contribution in [0, 0.1) is 6.92 Å². The fourth-order valence-corrected chi connectivity index (χ4v) is 1.66. The van der Waals surface area contributed by atoms with Gasteiger partial charge in [0.15, 0.2) is 0 Å². The van der Waals surface area contributed by atoms with E-state index in [4.69, 9.17) is 4.42 Å². The van der Waals surface area contributed by atoms with Crippen molar-refractivity contribution >= 4 is 23.9 Å². The van der Waals surface area contributed by atoms with Crippen LogP contribution in [0.15, 0.2) is 58.3 Å². The van der Waals surface area contributed by atoms with Crippen LogP contribution in [0.25, 0.3) is 6.08 Å². The number of furan rings is 1. The van der Waals surface area contributed by atoms with Crippen molar-refractivity contribution in [2.45, 2.75) is 6.92 Å². The van der Waals surface area contributed by atoms with Crippen molar-refractivity contribution in [3.05, 3.63) is 60.1 Å². The Kier molecular flexibility index (Phi) is 5.34. The summed E-state index contributed by atoms with van der Waals surface area (Å²) in [6, 6.07) is 11.4. The molecule has 2 aromatic rings. The molecule has 0 aliphatic carbocycles. The highest BCUT2D eigenvalue weighted by Gasteiger charge is 2.00. The summed E-state index contributed by atoms with van der Waals surface area (Å²) in [6.45, 7) is 2.15. The molecule has 5 heteroatoms. The zero-order chi connectivity index (χ0) is 14.9. The molecule has 1 aromatic heterocycles. The molecular weight excluding hydrogens is 266 g/mol. The van der Waals surface area contributed by atoms with E-state index in [1.807, 2.05) is 37.3 Å². The van der Waals surface area contributed by atoms with Crippen LogP contribution in [0.5, 0.6) is 0 Å². The van der Waals surface area contributed by atoms with Crippen LogP contribution < -0.4 is 10.7 Å². The van der Waals surface area contributed by atoms with Crippen molar-refractivity contribution in [2.24, 2.45) is 5.10 Å². The first-order chi connectivity index (χ1) is 10.3. The van der Waals surface area contributed by atoms with Crippen molar-refractivity contribution in [3.8, 4) is 0 Å². The molecule has 0 aliphatic rings. The number of hydrogen-bond donors (Lipinski definition) is 2. The van der Waals surface area contributed by atoms with Gasteiger partial charge in [-0.2, -0.15) is 5.10 Å². The summed E-state index contributed by atoms with van der Waals surface area (Å²) in [7, 11) is 0. The first-order valence-electron chi connectivity index (χ1n) is 6.57. The normalized spacial score (nSPS) is 11.1. The number of allylic oxidation sites excluding steroid dienone is 1. The standard InChI is InChI=1S/C16H17N3O2/c1-13-6-2-3-9-15(13)17-12-16(20)19-18-10-4-7-14-8-5-11-21-14/h2-11,17H,12H2,1H3,(H,19,20). The van der Waals surface area contributed by atoms with Crippen molar-refractivity contribution < 1.29 is 9.21 Å². The Morgan fingerprint density at radius 3 is 2.90 bits per heavy atom. The van der Waals surface area contributed by atoms with E-state index in [2.05, 4.69) is 15.8 Å². The highest BCUT2D eigenvalue weighted by Crippen LogP contribution is 2.12. The number of amides is 1. The Bertz CT molecular complexity index is 631. The minimum absolute atomic E-state index is 0.171. The SMILES string of the molecule is Cc1ccccc1NCC(=O)NN=CC=Cc1ccco1. The third kappa shape index (κ3) is 4.99. The highest BCUT2D eigenvalue weighted by molar-refractivity contribution is 5.83. The minimum Gasteiger partial charge on any atom is -0.465 e. The van der Waals surface area contributed by atoms with Crippen molar-refractivity contribution in [2.75, 3.05) is 11.9 Å². The molecule has 2 N–H and O–H groups in total. The van der Waals surface area contributed by atoms with Crippen LogP contribution in [0.1, 0.15) is 11.3 Å². The van der Waals surface area contributed by atoms with Gasteiger partial charge in [0, 0.05) is 11.9 Å². The molecule has 0 radical (unpaired) electrons. The molecule has 108 valence electrons. The lowest BCUT2D eigenvalue weighted by Crippen LogP contribution is -2.25. The number of carbonyl (C=O) groups is 1. The fraction of sp³-hybridized carbons (Fsp3) is 0.125. The molecule has 1 aromatic carbocycles. The van der Waals surface area contributed by atoms with E-state index in [1.54, 1.807) is 24.5 Å². The van der Waals surface area contributed by atoms with E-state index in [0.717, 1.165) is 17.0 Å². The minimum atomic E-state index is -0.207. The number of benzene rings is 1. The van der Waals surface area contributed by atoms with E-state index in [-0.39, 0.29) is 12.5 Å². The fourth-order valence-electron chi connectivity index (χ4n) is 1.66. The molecule has 0 unspecified atom stereocenters. The lowest BCUT2D eigenvalue weighted by molar-refractivity contribution is -0.119. The lowest BCUT2D eigenvalue weighted by atomic mass is 10.2. The van der Waals surface area contributed by atoms with E-state index in [9.17, 15) is 4.79 Å². The summed E-state index contributed by atoms with van der Waals surface area (Å²) >= 11 is 0. The number of nitrogens with one attached hydrogen (secondary N) is 2. The topological polar surface area (TPSA) is 66.6 Å². The van der Waals surface area contributed by atoms with Crippen LogP contribution in [0.2, 0.25) is 0 Å². The second-order valence-electron chi connectivity index (χ2n) is 4.36. The molecule has 1 heterocycles. The third-order valence-corrected chi connectivity index (χ3v) is 2.74. The first kappa shape index (κ1) is 14.6. The van der Waals surface area contributed by atoms with Gasteiger partial charge in [-0.05, 0) is 42.8 Å². The molecule has 0 bridgehead atoms. The Labute approximate surface area is 123 Å². The van der Waals surface area contributed by atoms with E-state index in [1.165, 1.54) is 6.21 Å². The van der Waals surface area contributed by atoms with Gasteiger partial charge < -0.3 is 9.73 Å². The molecule has 2 rings (SSSR count). The largest absolute Gasteiger partial charge is 0.465 e. The molecule has 0 atom stereocenters. The van der Waals surface area contributed by atoms with Crippen molar-refractivity contribution in [1.82, 2.24) is 5.43 Å². The third-order valence-electron chi connectivity index (χ3n) is 2.74. The molecule has 0 spiro atoms. The molecule has 0 aliphatic heterocycles. The van der Waals surface area contributed by atoms with Crippen molar-refractivity contribution in [1.29, 1.82) is 0 Å². The molecule has 0 saturated heterocycles. The summed E-state index contributed by atoms with van der Waals surface area (Å²) in [5.41, 5.74) is 4.47. The average molecular weight is 283 g/mol. The summed E-state index contributed by atoms with van der Waals surface area (Å²) < 4.78 is 5.11. The van der Waals surface area contributed by atoms with Crippen LogP contribution in [0.3, 0.4) is 0 Å². The van der Waals surface area contributed by atoms with Gasteiger partial charge in [-0.25, -0.2) is 5.43 Å². The summed E-state index contributed by atoms with van der Waals surface area (Å²) in [5.74, 6) is 0.523. The second-order valence-corrected chi connectivity index (χ2v) is 4.36. The molecule has 21 heavy (non-hydrogen) atoms. The Morgan fingerprint density at radius 1 is 1.29 bits per heavy atom. The van der Waals surface area contributed by atoms with Crippen LogP contribution in [-0.4, -0.2) is 18.7 Å². The lowest BCUT2D eigenvalue weighted by Gasteiger charge is -2.07. The van der Waals surface area contributed by atoms with Gasteiger partial charge in [0.05, 0.1) is 12.8 Å². The number of carbonyl (C=O) groups excluding carboxylic acids is 1. The zero-order valence-corrected chi connectivity index (χ0v) is 11.7. The summed E-state index contributed by atoms with van der Waals surface area (Å²) in [6.07, 6.45) is 6.53. The van der Waals surface area contributed by atoms with Crippen LogP contribution in [0.4, 0.5) is 5.69 Å². The van der Waals surface area contributed by atoms with E-state index < -0.39 is 0 Å². The number of rotatable bonds is 6. The van der Waals surface area contributed by atoms with Gasteiger partial charge in [0.1, 0.15) is 5.76 Å². The van der Waals surface area contributed by atoms with Gasteiger partial charge in [-0.3, -0.25) is 4.79 Å². The Hall–Kier alpha value is -2.82. The molecule has 0 saturated carbocycles. The van der Waals surface area contributed by atoms with E-state index >= 15 is 0 Å². The van der Waals surface area contributed by atoms with Crippen LogP contribution >= 0.6 is 0 Å². The molecule has 5 nitrogen and oxygen atoms in total. The quantitative estimate of drug-likeness (QED) is 0.633. The van der Waals surface area contributed by atoms with Crippen molar-refractivity contribution in [3.63, 3.8) is 0 Å². The van der Waals surface area contributed by atoms with Gasteiger partial charge in [-0.15, -0.1) is 0 Å². The number of hydrazone groups is 1. The molecule has 0 fully saturated rings. The van der Waals surface area contributed by atoms with Crippen LogP contribution in [-0.2, 0) is 4.79 Å². The maximum atomic E-state index is 11.6. The average Bonchev–Trinajstić information content (AvgIpc) is 2.99. The van der Waals surface area contributed by atoms with E-state index in [0.29, 0.717) is 0 Å².